The fourth-order valence-electron chi connectivity index (χ4n) is 1.96. The van der Waals surface area contributed by atoms with Gasteiger partial charge in [-0.1, -0.05) is 35.9 Å². The van der Waals surface area contributed by atoms with Crippen LogP contribution in [0.1, 0.15) is 16.7 Å². The highest BCUT2D eigenvalue weighted by molar-refractivity contribution is 6.32. The van der Waals surface area contributed by atoms with E-state index in [0.29, 0.717) is 17.3 Å². The number of halogens is 1. The smallest absolute Gasteiger partial charge is 0.149 e. The summed E-state index contributed by atoms with van der Waals surface area (Å²) in [5, 5.41) is 0.617. The number of ether oxygens (including phenoxy) is 1. The van der Waals surface area contributed by atoms with Crippen molar-refractivity contribution in [2.45, 2.75) is 20.3 Å². The summed E-state index contributed by atoms with van der Waals surface area (Å²) in [6, 6.07) is 11.8. The summed E-state index contributed by atoms with van der Waals surface area (Å²) in [5.74, 6) is 1.55. The lowest BCUT2D eigenvalue weighted by Crippen LogP contribution is -2.04. The van der Waals surface area contributed by atoms with Crippen LogP contribution in [0.5, 0.6) is 11.5 Å². The number of aryl methyl sites for hydroxylation is 1. The molecule has 0 aliphatic rings. The number of hydrogen-bond acceptors (Lipinski definition) is 2. The van der Waals surface area contributed by atoms with Crippen LogP contribution in [0.2, 0.25) is 5.02 Å². The molecule has 0 aliphatic carbocycles. The molecule has 0 saturated heterocycles. The van der Waals surface area contributed by atoms with Crippen LogP contribution in [0, 0.1) is 13.8 Å². The molecule has 0 aromatic heterocycles. The molecule has 0 atom stereocenters. The van der Waals surface area contributed by atoms with Gasteiger partial charge in [-0.3, -0.25) is 0 Å². The SMILES string of the molecule is Cc1cccc(Oc2c(Cl)cccc2CCN)c1C. The van der Waals surface area contributed by atoms with Gasteiger partial charge in [0.2, 0.25) is 0 Å². The molecule has 0 radical (unpaired) electrons. The van der Waals surface area contributed by atoms with E-state index in [1.165, 1.54) is 5.56 Å². The van der Waals surface area contributed by atoms with Gasteiger partial charge in [0.05, 0.1) is 5.02 Å². The van der Waals surface area contributed by atoms with Gasteiger partial charge in [-0.2, -0.15) is 0 Å². The van der Waals surface area contributed by atoms with Gasteiger partial charge in [0.1, 0.15) is 11.5 Å². The van der Waals surface area contributed by atoms with Gasteiger partial charge in [-0.25, -0.2) is 0 Å². The monoisotopic (exact) mass is 275 g/mol. The molecule has 3 heteroatoms. The van der Waals surface area contributed by atoms with E-state index < -0.39 is 0 Å². The molecule has 2 N–H and O–H groups in total. The summed E-state index contributed by atoms with van der Waals surface area (Å²) in [5.41, 5.74) is 8.99. The molecular formula is C16H18ClNO. The highest BCUT2D eigenvalue weighted by Crippen LogP contribution is 2.35. The molecular weight excluding hydrogens is 258 g/mol. The zero-order chi connectivity index (χ0) is 13.8. The summed E-state index contributed by atoms with van der Waals surface area (Å²) in [6.07, 6.45) is 0.751. The Morgan fingerprint density at radius 3 is 2.58 bits per heavy atom. The van der Waals surface area contributed by atoms with Gasteiger partial charge in [-0.15, -0.1) is 0 Å². The molecule has 0 fully saturated rings. The highest BCUT2D eigenvalue weighted by atomic mass is 35.5. The van der Waals surface area contributed by atoms with Gasteiger partial charge < -0.3 is 10.5 Å². The average Bonchev–Trinajstić information content (AvgIpc) is 2.39. The lowest BCUT2D eigenvalue weighted by Gasteiger charge is -2.15. The minimum Gasteiger partial charge on any atom is -0.455 e. The van der Waals surface area contributed by atoms with Crippen molar-refractivity contribution < 1.29 is 4.74 Å². The van der Waals surface area contributed by atoms with Crippen LogP contribution in [0.3, 0.4) is 0 Å². The van der Waals surface area contributed by atoms with Crippen LogP contribution >= 0.6 is 11.6 Å². The Balaban J connectivity index is 2.40. The number of benzene rings is 2. The Morgan fingerprint density at radius 2 is 1.84 bits per heavy atom. The van der Waals surface area contributed by atoms with Crippen LogP contribution in [0.4, 0.5) is 0 Å². The maximum atomic E-state index is 6.24. The molecule has 2 aromatic carbocycles. The van der Waals surface area contributed by atoms with Crippen LogP contribution in [0.25, 0.3) is 0 Å². The fourth-order valence-corrected chi connectivity index (χ4v) is 2.20. The molecule has 0 aliphatic heterocycles. The van der Waals surface area contributed by atoms with E-state index in [0.717, 1.165) is 23.3 Å². The van der Waals surface area contributed by atoms with Crippen molar-refractivity contribution in [1.82, 2.24) is 0 Å². The van der Waals surface area contributed by atoms with Crippen LogP contribution < -0.4 is 10.5 Å². The van der Waals surface area contributed by atoms with E-state index >= 15 is 0 Å². The fraction of sp³-hybridized carbons (Fsp3) is 0.250. The number of para-hydroxylation sites is 1. The van der Waals surface area contributed by atoms with Crippen molar-refractivity contribution in [3.8, 4) is 11.5 Å². The van der Waals surface area contributed by atoms with E-state index in [2.05, 4.69) is 13.0 Å². The lowest BCUT2D eigenvalue weighted by molar-refractivity contribution is 0.472. The third kappa shape index (κ3) is 3.09. The largest absolute Gasteiger partial charge is 0.455 e. The normalized spacial score (nSPS) is 10.5. The standard InChI is InChI=1S/C16H18ClNO/c1-11-5-3-8-15(12(11)2)19-16-13(9-10-18)6-4-7-14(16)17/h3-8H,9-10,18H2,1-2H3. The van der Waals surface area contributed by atoms with Gasteiger partial charge in [0.25, 0.3) is 0 Å². The van der Waals surface area contributed by atoms with Gasteiger partial charge >= 0.3 is 0 Å². The van der Waals surface area contributed by atoms with E-state index in [1.54, 1.807) is 0 Å². The van der Waals surface area contributed by atoms with Crippen molar-refractivity contribution in [1.29, 1.82) is 0 Å². The van der Waals surface area contributed by atoms with E-state index in [4.69, 9.17) is 22.1 Å². The van der Waals surface area contributed by atoms with Crippen molar-refractivity contribution in [2.24, 2.45) is 5.73 Å². The molecule has 2 rings (SSSR count). The third-order valence-corrected chi connectivity index (χ3v) is 3.53. The second kappa shape index (κ2) is 6.09. The first-order valence-corrected chi connectivity index (χ1v) is 6.73. The average molecular weight is 276 g/mol. The summed E-state index contributed by atoms with van der Waals surface area (Å²) >= 11 is 6.24. The Labute approximate surface area is 119 Å². The minimum absolute atomic E-state index is 0.573. The number of nitrogens with two attached hydrogens (primary N) is 1. The summed E-state index contributed by atoms with van der Waals surface area (Å²) in [7, 11) is 0. The van der Waals surface area contributed by atoms with Gasteiger partial charge in [0.15, 0.2) is 0 Å². The maximum absolute atomic E-state index is 6.24. The topological polar surface area (TPSA) is 35.2 Å². The second-order valence-electron chi connectivity index (χ2n) is 4.57. The van der Waals surface area contributed by atoms with Gasteiger partial charge in [-0.05, 0) is 55.6 Å². The second-order valence-corrected chi connectivity index (χ2v) is 4.97. The van der Waals surface area contributed by atoms with Crippen LogP contribution in [-0.2, 0) is 6.42 Å². The molecule has 0 amide bonds. The lowest BCUT2D eigenvalue weighted by atomic mass is 10.1. The molecule has 2 nitrogen and oxygen atoms in total. The zero-order valence-corrected chi connectivity index (χ0v) is 12.0. The van der Waals surface area contributed by atoms with Crippen molar-refractivity contribution in [3.05, 3.63) is 58.1 Å². The Morgan fingerprint density at radius 1 is 1.11 bits per heavy atom. The molecule has 19 heavy (non-hydrogen) atoms. The zero-order valence-electron chi connectivity index (χ0n) is 11.2. The van der Waals surface area contributed by atoms with Crippen LogP contribution in [0.15, 0.2) is 36.4 Å². The summed E-state index contributed by atoms with van der Waals surface area (Å²) in [6.45, 7) is 4.68. The molecule has 0 heterocycles. The molecule has 100 valence electrons. The number of hydrogen-bond donors (Lipinski definition) is 1. The number of rotatable bonds is 4. The Bertz CT molecular complexity index is 581. The highest BCUT2D eigenvalue weighted by Gasteiger charge is 2.11. The van der Waals surface area contributed by atoms with Crippen molar-refractivity contribution >= 4 is 11.6 Å². The molecule has 0 unspecified atom stereocenters. The summed E-state index contributed by atoms with van der Waals surface area (Å²) in [4.78, 5) is 0. The molecule has 2 aromatic rings. The minimum atomic E-state index is 0.573. The Kier molecular flexibility index (Phi) is 4.46. The Hall–Kier alpha value is -1.51. The molecule has 0 bridgehead atoms. The summed E-state index contributed by atoms with van der Waals surface area (Å²) < 4.78 is 6.02. The van der Waals surface area contributed by atoms with E-state index in [-0.39, 0.29) is 0 Å². The first-order chi connectivity index (χ1) is 9.13. The van der Waals surface area contributed by atoms with Crippen LogP contribution in [-0.4, -0.2) is 6.54 Å². The quantitative estimate of drug-likeness (QED) is 0.905. The first-order valence-electron chi connectivity index (χ1n) is 6.35. The van der Waals surface area contributed by atoms with Crippen molar-refractivity contribution in [2.75, 3.05) is 6.54 Å². The van der Waals surface area contributed by atoms with Gasteiger partial charge in [0, 0.05) is 0 Å². The molecule has 0 spiro atoms. The predicted molar refractivity (Wildman–Crippen MR) is 80.2 cm³/mol. The van der Waals surface area contributed by atoms with E-state index in [1.807, 2.05) is 37.3 Å². The maximum Gasteiger partial charge on any atom is 0.149 e. The van der Waals surface area contributed by atoms with Crippen molar-refractivity contribution in [3.63, 3.8) is 0 Å². The predicted octanol–water partition coefficient (Wildman–Crippen LogP) is 4.25. The first kappa shape index (κ1) is 13.9. The third-order valence-electron chi connectivity index (χ3n) is 3.23. The van der Waals surface area contributed by atoms with E-state index in [9.17, 15) is 0 Å². The molecule has 0 saturated carbocycles.